The molecule has 0 atom stereocenters. The first kappa shape index (κ1) is 10.3. The number of H-pyrrole nitrogens is 2. The molecule has 7 nitrogen and oxygen atoms in total. The van der Waals surface area contributed by atoms with Crippen LogP contribution in [0.25, 0.3) is 11.0 Å². The van der Waals surface area contributed by atoms with E-state index in [1.165, 1.54) is 6.20 Å². The summed E-state index contributed by atoms with van der Waals surface area (Å²) in [5.41, 5.74) is 6.81. The fourth-order valence-electron chi connectivity index (χ4n) is 1.56. The highest BCUT2D eigenvalue weighted by molar-refractivity contribution is 5.73. The standard InChI is InChI=1S/C11H10N6O/c18-10-8-6-12-16-9(8)13-11(14-10)17-15-7-4-2-1-3-5-7/h1-6,15H,(H3,12,13,14,16,17,18). The van der Waals surface area contributed by atoms with Crippen molar-refractivity contribution >= 4 is 22.7 Å². The molecule has 0 amide bonds. The van der Waals surface area contributed by atoms with Gasteiger partial charge < -0.3 is 0 Å². The van der Waals surface area contributed by atoms with Crippen molar-refractivity contribution in [1.29, 1.82) is 0 Å². The van der Waals surface area contributed by atoms with E-state index >= 15 is 0 Å². The normalized spacial score (nSPS) is 10.4. The minimum atomic E-state index is -0.244. The third-order valence-corrected chi connectivity index (χ3v) is 2.42. The highest BCUT2D eigenvalue weighted by Crippen LogP contribution is 2.07. The number of hydrazine groups is 1. The van der Waals surface area contributed by atoms with E-state index in [1.807, 2.05) is 30.3 Å². The maximum absolute atomic E-state index is 11.6. The zero-order chi connectivity index (χ0) is 12.4. The van der Waals surface area contributed by atoms with E-state index in [-0.39, 0.29) is 5.56 Å². The number of fused-ring (bicyclic) bond motifs is 1. The van der Waals surface area contributed by atoms with Gasteiger partial charge in [0.25, 0.3) is 5.56 Å². The lowest BCUT2D eigenvalue weighted by molar-refractivity contribution is 1.08. The van der Waals surface area contributed by atoms with Crippen LogP contribution < -0.4 is 16.4 Å². The van der Waals surface area contributed by atoms with Crippen LogP contribution in [-0.4, -0.2) is 20.2 Å². The van der Waals surface area contributed by atoms with Crippen molar-refractivity contribution in [3.8, 4) is 0 Å². The van der Waals surface area contributed by atoms with Gasteiger partial charge in [-0.25, -0.2) is 0 Å². The van der Waals surface area contributed by atoms with E-state index in [2.05, 4.69) is 31.0 Å². The van der Waals surface area contributed by atoms with Crippen molar-refractivity contribution in [3.63, 3.8) is 0 Å². The Morgan fingerprint density at radius 1 is 1.11 bits per heavy atom. The van der Waals surface area contributed by atoms with Crippen LogP contribution in [0.2, 0.25) is 0 Å². The molecule has 0 aliphatic carbocycles. The van der Waals surface area contributed by atoms with Crippen LogP contribution in [0.4, 0.5) is 11.6 Å². The van der Waals surface area contributed by atoms with Crippen molar-refractivity contribution in [2.45, 2.75) is 0 Å². The van der Waals surface area contributed by atoms with Crippen LogP contribution >= 0.6 is 0 Å². The minimum Gasteiger partial charge on any atom is -0.298 e. The zero-order valence-electron chi connectivity index (χ0n) is 9.27. The van der Waals surface area contributed by atoms with Crippen LogP contribution in [-0.2, 0) is 0 Å². The number of rotatable bonds is 3. The molecule has 0 saturated carbocycles. The van der Waals surface area contributed by atoms with Gasteiger partial charge in [0.2, 0.25) is 5.95 Å². The second-order valence-corrected chi connectivity index (χ2v) is 3.66. The van der Waals surface area contributed by atoms with Crippen LogP contribution in [0.5, 0.6) is 0 Å². The SMILES string of the molecule is O=c1[nH]c(NNc2ccccc2)nc2[nH]ncc12. The summed E-state index contributed by atoms with van der Waals surface area (Å²) in [6, 6.07) is 9.50. The first-order valence-electron chi connectivity index (χ1n) is 5.33. The molecular weight excluding hydrogens is 232 g/mol. The fraction of sp³-hybridized carbons (Fsp3) is 0. The Hall–Kier alpha value is -2.83. The molecule has 2 aromatic heterocycles. The van der Waals surface area contributed by atoms with Crippen LogP contribution in [0.1, 0.15) is 0 Å². The average molecular weight is 242 g/mol. The van der Waals surface area contributed by atoms with E-state index in [1.54, 1.807) is 0 Å². The molecule has 0 aliphatic heterocycles. The lowest BCUT2D eigenvalue weighted by atomic mass is 10.3. The Morgan fingerprint density at radius 2 is 1.94 bits per heavy atom. The number of benzene rings is 1. The summed E-state index contributed by atoms with van der Waals surface area (Å²) in [5.74, 6) is 0.320. The van der Waals surface area contributed by atoms with Gasteiger partial charge in [0.05, 0.1) is 11.9 Å². The molecule has 1 aromatic carbocycles. The number of hydrogen-bond acceptors (Lipinski definition) is 5. The highest BCUT2D eigenvalue weighted by Gasteiger charge is 2.04. The van der Waals surface area contributed by atoms with Gasteiger partial charge in [-0.2, -0.15) is 10.1 Å². The predicted octanol–water partition coefficient (Wildman–Crippen LogP) is 1.09. The third kappa shape index (κ3) is 1.88. The lowest BCUT2D eigenvalue weighted by Gasteiger charge is -2.07. The smallest absolute Gasteiger partial charge is 0.263 e. The minimum absolute atomic E-state index is 0.244. The number of nitrogens with zero attached hydrogens (tertiary/aromatic N) is 2. The molecule has 18 heavy (non-hydrogen) atoms. The van der Waals surface area contributed by atoms with Gasteiger partial charge in [-0.1, -0.05) is 18.2 Å². The number of aromatic nitrogens is 4. The quantitative estimate of drug-likeness (QED) is 0.515. The Balaban J connectivity index is 1.85. The Labute approximate surface area is 101 Å². The average Bonchev–Trinajstić information content (AvgIpc) is 2.86. The zero-order valence-corrected chi connectivity index (χ0v) is 9.27. The van der Waals surface area contributed by atoms with Gasteiger partial charge in [0.1, 0.15) is 5.39 Å². The highest BCUT2D eigenvalue weighted by atomic mass is 16.1. The summed E-state index contributed by atoms with van der Waals surface area (Å²) in [7, 11) is 0. The van der Waals surface area contributed by atoms with Crippen molar-refractivity contribution in [3.05, 3.63) is 46.9 Å². The van der Waals surface area contributed by atoms with Gasteiger partial charge in [-0.3, -0.25) is 25.7 Å². The molecule has 7 heteroatoms. The molecule has 0 radical (unpaired) electrons. The Morgan fingerprint density at radius 3 is 2.78 bits per heavy atom. The Bertz CT molecular complexity index is 717. The molecule has 3 aromatic rings. The molecule has 0 spiro atoms. The van der Waals surface area contributed by atoms with Gasteiger partial charge in [-0.05, 0) is 12.1 Å². The molecule has 90 valence electrons. The number of hydrogen-bond donors (Lipinski definition) is 4. The summed E-state index contributed by atoms with van der Waals surface area (Å²) < 4.78 is 0. The maximum atomic E-state index is 11.6. The largest absolute Gasteiger partial charge is 0.298 e. The molecule has 0 aliphatic rings. The predicted molar refractivity (Wildman–Crippen MR) is 68.2 cm³/mol. The van der Waals surface area contributed by atoms with Gasteiger partial charge in [0, 0.05) is 0 Å². The first-order chi connectivity index (χ1) is 8.83. The van der Waals surface area contributed by atoms with Crippen molar-refractivity contribution in [2.24, 2.45) is 0 Å². The summed E-state index contributed by atoms with van der Waals surface area (Å²) in [6.07, 6.45) is 1.44. The van der Waals surface area contributed by atoms with Crippen molar-refractivity contribution in [2.75, 3.05) is 10.9 Å². The molecule has 0 bridgehead atoms. The fourth-order valence-corrected chi connectivity index (χ4v) is 1.56. The molecule has 4 N–H and O–H groups in total. The second kappa shape index (κ2) is 4.21. The molecule has 0 fully saturated rings. The summed E-state index contributed by atoms with van der Waals surface area (Å²) in [4.78, 5) is 18.4. The van der Waals surface area contributed by atoms with Gasteiger partial charge in [0.15, 0.2) is 5.65 Å². The van der Waals surface area contributed by atoms with Crippen molar-refractivity contribution in [1.82, 2.24) is 20.2 Å². The maximum Gasteiger partial charge on any atom is 0.263 e. The number of para-hydroxylation sites is 1. The van der Waals surface area contributed by atoms with E-state index in [0.717, 1.165) is 5.69 Å². The first-order valence-corrected chi connectivity index (χ1v) is 5.33. The van der Waals surface area contributed by atoms with Crippen LogP contribution in [0, 0.1) is 0 Å². The summed E-state index contributed by atoms with van der Waals surface area (Å²) in [5, 5.41) is 6.85. The summed E-state index contributed by atoms with van der Waals surface area (Å²) in [6.45, 7) is 0. The van der Waals surface area contributed by atoms with Gasteiger partial charge >= 0.3 is 0 Å². The number of nitrogens with one attached hydrogen (secondary N) is 4. The third-order valence-electron chi connectivity index (χ3n) is 2.42. The van der Waals surface area contributed by atoms with Gasteiger partial charge in [-0.15, -0.1) is 0 Å². The van der Waals surface area contributed by atoms with Crippen molar-refractivity contribution < 1.29 is 0 Å². The van der Waals surface area contributed by atoms with E-state index in [0.29, 0.717) is 17.0 Å². The number of anilines is 2. The molecular formula is C11H10N6O. The van der Waals surface area contributed by atoms with E-state index in [9.17, 15) is 4.79 Å². The molecule has 3 rings (SSSR count). The van der Waals surface area contributed by atoms with Crippen LogP contribution in [0.3, 0.4) is 0 Å². The molecule has 2 heterocycles. The topological polar surface area (TPSA) is 98.5 Å². The molecule has 0 saturated heterocycles. The van der Waals surface area contributed by atoms with E-state index in [4.69, 9.17) is 0 Å². The Kier molecular flexibility index (Phi) is 2.41. The number of aromatic amines is 2. The lowest BCUT2D eigenvalue weighted by Crippen LogP contribution is -2.16. The summed E-state index contributed by atoms with van der Waals surface area (Å²) >= 11 is 0. The second-order valence-electron chi connectivity index (χ2n) is 3.66. The monoisotopic (exact) mass is 242 g/mol. The van der Waals surface area contributed by atoms with Crippen LogP contribution in [0.15, 0.2) is 41.3 Å². The van der Waals surface area contributed by atoms with E-state index < -0.39 is 0 Å². The molecule has 0 unspecified atom stereocenters.